The van der Waals surface area contributed by atoms with Crippen LogP contribution in [0.15, 0.2) is 11.6 Å². The molecule has 0 aliphatic heterocycles. The zero-order valence-corrected chi connectivity index (χ0v) is 22.5. The van der Waals surface area contributed by atoms with Crippen molar-refractivity contribution in [3.8, 4) is 0 Å². The summed E-state index contributed by atoms with van der Waals surface area (Å²) in [6.45, 7) is 15.2. The minimum Gasteiger partial charge on any atom is -0.396 e. The topological polar surface area (TPSA) is 49.7 Å². The Balaban J connectivity index is 1.58. The molecule has 4 saturated carbocycles. The fourth-order valence-corrected chi connectivity index (χ4v) is 10.5. The summed E-state index contributed by atoms with van der Waals surface area (Å²) in [5, 5.41) is 21.6. The lowest BCUT2D eigenvalue weighted by molar-refractivity contribution is -0.242. The Morgan fingerprint density at radius 2 is 1.61 bits per heavy atom. The van der Waals surface area contributed by atoms with E-state index in [4.69, 9.17) is 4.74 Å². The third-order valence-electron chi connectivity index (χ3n) is 13.1. The van der Waals surface area contributed by atoms with Gasteiger partial charge in [0.25, 0.3) is 0 Å². The van der Waals surface area contributed by atoms with Crippen molar-refractivity contribution in [1.29, 1.82) is 0 Å². The van der Waals surface area contributed by atoms with Crippen LogP contribution in [0.3, 0.4) is 0 Å². The summed E-state index contributed by atoms with van der Waals surface area (Å²) < 4.78 is 6.10. The van der Waals surface area contributed by atoms with Crippen LogP contribution in [-0.4, -0.2) is 35.6 Å². The maximum absolute atomic E-state index is 11.0. The van der Waals surface area contributed by atoms with Crippen LogP contribution in [-0.2, 0) is 4.74 Å². The zero-order valence-electron chi connectivity index (χ0n) is 22.5. The molecule has 188 valence electrons. The highest BCUT2D eigenvalue weighted by molar-refractivity contribution is 5.34. The Morgan fingerprint density at radius 1 is 0.909 bits per heavy atom. The molecular weight excluding hydrogens is 408 g/mol. The third kappa shape index (κ3) is 2.97. The number of aliphatic hydroxyl groups is 2. The van der Waals surface area contributed by atoms with Gasteiger partial charge in [0.1, 0.15) is 0 Å². The Morgan fingerprint density at radius 3 is 2.27 bits per heavy atom. The van der Waals surface area contributed by atoms with Gasteiger partial charge in [0.05, 0.1) is 11.7 Å². The highest BCUT2D eigenvalue weighted by atomic mass is 16.5. The Labute approximate surface area is 202 Å². The smallest absolute Gasteiger partial charge is 0.0941 e. The first-order valence-electron chi connectivity index (χ1n) is 13.9. The van der Waals surface area contributed by atoms with E-state index in [2.05, 4.69) is 47.6 Å². The molecule has 5 rings (SSSR count). The zero-order chi connectivity index (χ0) is 24.1. The number of fused-ring (bicyclic) bond motifs is 7. The maximum Gasteiger partial charge on any atom is 0.0941 e. The van der Waals surface area contributed by atoms with E-state index >= 15 is 0 Å². The lowest BCUT2D eigenvalue weighted by Gasteiger charge is -2.71. The van der Waals surface area contributed by atoms with Gasteiger partial charge in [0.15, 0.2) is 0 Å². The molecule has 0 aromatic carbocycles. The molecule has 9 unspecified atom stereocenters. The van der Waals surface area contributed by atoms with E-state index in [1.807, 2.05) is 7.11 Å². The molecule has 0 heterocycles. The Kier molecular flexibility index (Phi) is 5.40. The van der Waals surface area contributed by atoms with Crippen LogP contribution < -0.4 is 0 Å². The highest BCUT2D eigenvalue weighted by Crippen LogP contribution is 2.75. The molecule has 33 heavy (non-hydrogen) atoms. The van der Waals surface area contributed by atoms with Crippen LogP contribution in [0.4, 0.5) is 0 Å². The molecule has 0 aromatic rings. The van der Waals surface area contributed by atoms with E-state index in [0.717, 1.165) is 25.7 Å². The summed E-state index contributed by atoms with van der Waals surface area (Å²) in [5.74, 6) is 1.56. The minimum absolute atomic E-state index is 0.106. The van der Waals surface area contributed by atoms with Gasteiger partial charge in [0.2, 0.25) is 0 Å². The van der Waals surface area contributed by atoms with E-state index < -0.39 is 5.60 Å². The van der Waals surface area contributed by atoms with Gasteiger partial charge < -0.3 is 14.9 Å². The fourth-order valence-electron chi connectivity index (χ4n) is 10.5. The third-order valence-corrected chi connectivity index (χ3v) is 13.1. The predicted octanol–water partition coefficient (Wildman–Crippen LogP) is 6.52. The monoisotopic (exact) mass is 458 g/mol. The van der Waals surface area contributed by atoms with Gasteiger partial charge in [-0.25, -0.2) is 0 Å². The average molecular weight is 459 g/mol. The van der Waals surface area contributed by atoms with Gasteiger partial charge in [-0.1, -0.05) is 46.3 Å². The van der Waals surface area contributed by atoms with Crippen molar-refractivity contribution in [2.75, 3.05) is 13.7 Å². The number of methoxy groups -OCH3 is 1. The molecule has 3 heteroatoms. The molecule has 3 nitrogen and oxygen atoms in total. The van der Waals surface area contributed by atoms with E-state index in [1.165, 1.54) is 38.5 Å². The SMILES string of the molecule is COC1(C)C(O)CCC2(C)C1CCC1(C)C2CC=C2C3CC(C)(C)CCC3(CO)CCC21C. The van der Waals surface area contributed by atoms with E-state index in [1.54, 1.807) is 5.57 Å². The highest BCUT2D eigenvalue weighted by Gasteiger charge is 2.69. The number of hydrogen-bond acceptors (Lipinski definition) is 3. The number of aliphatic hydroxyl groups excluding tert-OH is 2. The second kappa shape index (κ2) is 7.32. The van der Waals surface area contributed by atoms with Gasteiger partial charge in [-0.2, -0.15) is 0 Å². The lowest BCUT2D eigenvalue weighted by Crippen LogP contribution is -2.67. The Bertz CT molecular complexity index is 832. The normalized spacial score (nSPS) is 55.5. The first-order valence-corrected chi connectivity index (χ1v) is 13.9. The van der Waals surface area contributed by atoms with E-state index in [0.29, 0.717) is 29.8 Å². The van der Waals surface area contributed by atoms with Crippen molar-refractivity contribution in [2.24, 2.45) is 44.8 Å². The van der Waals surface area contributed by atoms with Crippen molar-refractivity contribution in [1.82, 2.24) is 0 Å². The standard InChI is InChI=1S/C30H50O3/c1-25(2)14-16-30(19-31)17-15-27(4)20(21(30)18-25)8-9-22-26(3)12-11-24(32)29(6,33-7)23(26)10-13-28(22,27)5/h8,21-24,31-32H,9-19H2,1-7H3. The molecule has 0 radical (unpaired) electrons. The van der Waals surface area contributed by atoms with Crippen LogP contribution in [0.1, 0.15) is 106 Å². The maximum atomic E-state index is 11.0. The molecule has 4 fully saturated rings. The van der Waals surface area contributed by atoms with Crippen molar-refractivity contribution in [3.05, 3.63) is 11.6 Å². The second-order valence-corrected chi connectivity index (χ2v) is 14.7. The summed E-state index contributed by atoms with van der Waals surface area (Å²) in [6, 6.07) is 0. The first kappa shape index (κ1) is 24.3. The Hall–Kier alpha value is -0.380. The van der Waals surface area contributed by atoms with Crippen molar-refractivity contribution in [2.45, 2.75) is 117 Å². The van der Waals surface area contributed by atoms with Gasteiger partial charge in [-0.15, -0.1) is 0 Å². The number of ether oxygens (including phenoxy) is 1. The summed E-state index contributed by atoms with van der Waals surface area (Å²) in [7, 11) is 1.81. The molecular formula is C30H50O3. The van der Waals surface area contributed by atoms with Gasteiger partial charge in [-0.05, 0) is 111 Å². The summed E-state index contributed by atoms with van der Waals surface area (Å²) in [4.78, 5) is 0. The van der Waals surface area contributed by atoms with Gasteiger partial charge in [0, 0.05) is 19.1 Å². The summed E-state index contributed by atoms with van der Waals surface area (Å²) in [5.41, 5.74) is 2.41. The largest absolute Gasteiger partial charge is 0.396 e. The molecule has 0 saturated heterocycles. The summed E-state index contributed by atoms with van der Waals surface area (Å²) >= 11 is 0. The average Bonchev–Trinajstić information content (AvgIpc) is 2.77. The lowest BCUT2D eigenvalue weighted by atomic mass is 9.34. The molecule has 9 atom stereocenters. The van der Waals surface area contributed by atoms with Gasteiger partial charge in [-0.3, -0.25) is 0 Å². The molecule has 0 aromatic heterocycles. The second-order valence-electron chi connectivity index (χ2n) is 14.7. The van der Waals surface area contributed by atoms with Gasteiger partial charge >= 0.3 is 0 Å². The van der Waals surface area contributed by atoms with Crippen molar-refractivity contribution in [3.63, 3.8) is 0 Å². The van der Waals surface area contributed by atoms with Crippen LogP contribution in [0.5, 0.6) is 0 Å². The number of allylic oxidation sites excluding steroid dienone is 2. The van der Waals surface area contributed by atoms with Crippen LogP contribution in [0.2, 0.25) is 0 Å². The minimum atomic E-state index is -0.439. The molecule has 5 aliphatic carbocycles. The number of hydrogen-bond donors (Lipinski definition) is 2. The molecule has 2 N–H and O–H groups in total. The quantitative estimate of drug-likeness (QED) is 0.463. The van der Waals surface area contributed by atoms with Crippen LogP contribution in [0.25, 0.3) is 0 Å². The van der Waals surface area contributed by atoms with Crippen LogP contribution >= 0.6 is 0 Å². The molecule has 0 spiro atoms. The molecule has 0 amide bonds. The molecule has 0 bridgehead atoms. The van der Waals surface area contributed by atoms with E-state index in [-0.39, 0.29) is 27.8 Å². The first-order chi connectivity index (χ1) is 15.3. The summed E-state index contributed by atoms with van der Waals surface area (Å²) in [6.07, 6.45) is 13.8. The van der Waals surface area contributed by atoms with Crippen molar-refractivity contribution < 1.29 is 14.9 Å². The van der Waals surface area contributed by atoms with E-state index in [9.17, 15) is 10.2 Å². The van der Waals surface area contributed by atoms with Crippen LogP contribution in [0, 0.1) is 44.8 Å². The fraction of sp³-hybridized carbons (Fsp3) is 0.933. The molecule has 5 aliphatic rings. The number of rotatable bonds is 2. The predicted molar refractivity (Wildman–Crippen MR) is 134 cm³/mol. The van der Waals surface area contributed by atoms with Crippen molar-refractivity contribution >= 4 is 0 Å².